The molecular weight excluding hydrogens is 690 g/mol. The molecule has 0 spiro atoms. The molecule has 14 nitrogen and oxygen atoms in total. The Labute approximate surface area is 317 Å². The van der Waals surface area contributed by atoms with Crippen LogP contribution in [0.3, 0.4) is 0 Å². The summed E-state index contributed by atoms with van der Waals surface area (Å²) in [5.41, 5.74) is -5.70. The van der Waals surface area contributed by atoms with Crippen molar-refractivity contribution in [2.24, 2.45) is 23.7 Å². The Morgan fingerprint density at radius 3 is 2.00 bits per heavy atom. The molecular formula is C39H71NO13. The molecule has 3 fully saturated rings. The van der Waals surface area contributed by atoms with Gasteiger partial charge in [0.25, 0.3) is 0 Å². The van der Waals surface area contributed by atoms with Crippen molar-refractivity contribution in [1.82, 2.24) is 4.90 Å². The highest BCUT2D eigenvalue weighted by molar-refractivity contribution is 5.83. The van der Waals surface area contributed by atoms with Crippen molar-refractivity contribution in [2.75, 3.05) is 28.3 Å². The number of carbonyl (C=O) groups excluding carboxylic acids is 2. The first-order valence-electron chi connectivity index (χ1n) is 19.3. The average molecular weight is 762 g/mol. The maximum absolute atomic E-state index is 14.2. The van der Waals surface area contributed by atoms with Crippen LogP contribution in [0.4, 0.5) is 0 Å². The summed E-state index contributed by atoms with van der Waals surface area (Å²) in [6, 6.07) is -0.287. The van der Waals surface area contributed by atoms with Gasteiger partial charge in [0.2, 0.25) is 0 Å². The molecule has 0 aromatic heterocycles. The molecule has 3 heterocycles. The minimum atomic E-state index is -1.97. The fraction of sp³-hybridized carbons (Fsp3) is 0.949. The predicted molar refractivity (Wildman–Crippen MR) is 196 cm³/mol. The van der Waals surface area contributed by atoms with E-state index in [0.29, 0.717) is 6.42 Å². The van der Waals surface area contributed by atoms with Gasteiger partial charge in [-0.05, 0) is 81.8 Å². The smallest absolute Gasteiger partial charge is 0.311 e. The number of hydrogen-bond acceptors (Lipinski definition) is 14. The Balaban J connectivity index is 2.24. The highest BCUT2D eigenvalue weighted by Crippen LogP contribution is 2.44. The summed E-state index contributed by atoms with van der Waals surface area (Å²) in [6.45, 7) is 18.7. The Hall–Kier alpha value is -1.30. The lowest BCUT2D eigenvalue weighted by molar-refractivity contribution is -0.334. The summed E-state index contributed by atoms with van der Waals surface area (Å²) < 4.78 is 44.2. The monoisotopic (exact) mass is 761 g/mol. The zero-order valence-corrected chi connectivity index (χ0v) is 34.8. The van der Waals surface area contributed by atoms with Gasteiger partial charge >= 0.3 is 5.97 Å². The van der Waals surface area contributed by atoms with Crippen LogP contribution < -0.4 is 0 Å². The molecule has 310 valence electrons. The number of aliphatic hydroxyl groups is 4. The van der Waals surface area contributed by atoms with E-state index in [-0.39, 0.29) is 37.2 Å². The Bertz CT molecular complexity index is 1230. The summed E-state index contributed by atoms with van der Waals surface area (Å²) in [4.78, 5) is 30.1. The van der Waals surface area contributed by atoms with Crippen LogP contribution in [0.15, 0.2) is 0 Å². The van der Waals surface area contributed by atoms with E-state index in [1.54, 1.807) is 55.4 Å². The van der Waals surface area contributed by atoms with Crippen LogP contribution in [0.5, 0.6) is 0 Å². The molecule has 18 atom stereocenters. The number of rotatable bonds is 8. The normalized spacial score (nSPS) is 49.7. The van der Waals surface area contributed by atoms with Crippen molar-refractivity contribution >= 4 is 11.8 Å². The van der Waals surface area contributed by atoms with Crippen LogP contribution >= 0.6 is 0 Å². The van der Waals surface area contributed by atoms with Gasteiger partial charge in [0.05, 0.1) is 42.0 Å². The summed E-state index contributed by atoms with van der Waals surface area (Å²) in [6.07, 6.45) is -7.92. The molecule has 3 aliphatic rings. The van der Waals surface area contributed by atoms with Gasteiger partial charge in [0.1, 0.15) is 34.8 Å². The van der Waals surface area contributed by atoms with Crippen molar-refractivity contribution in [3.05, 3.63) is 0 Å². The molecule has 0 amide bonds. The quantitative estimate of drug-likeness (QED) is 0.265. The number of ketones is 1. The maximum Gasteiger partial charge on any atom is 0.311 e. The third kappa shape index (κ3) is 9.30. The Morgan fingerprint density at radius 1 is 0.868 bits per heavy atom. The number of esters is 1. The van der Waals surface area contributed by atoms with E-state index in [9.17, 15) is 30.0 Å². The number of carbonyl (C=O) groups is 2. The number of cyclic esters (lactones) is 1. The lowest BCUT2D eigenvalue weighted by Gasteiger charge is -2.52. The average Bonchev–Trinajstić information content (AvgIpc) is 3.09. The second-order valence-corrected chi connectivity index (χ2v) is 17.2. The highest BCUT2D eigenvalue weighted by atomic mass is 16.7. The number of likely N-dealkylation sites (N-methyl/N-ethyl adjacent to an activating group) is 1. The van der Waals surface area contributed by atoms with Crippen LogP contribution in [0.25, 0.3) is 0 Å². The Morgan fingerprint density at radius 2 is 1.47 bits per heavy atom. The zero-order valence-electron chi connectivity index (χ0n) is 34.8. The summed E-state index contributed by atoms with van der Waals surface area (Å²) in [5, 5.41) is 46.1. The van der Waals surface area contributed by atoms with Gasteiger partial charge in [-0.3, -0.25) is 9.59 Å². The molecule has 0 bridgehead atoms. The van der Waals surface area contributed by atoms with Gasteiger partial charge in [-0.2, -0.15) is 0 Å². The minimum Gasteiger partial charge on any atom is -0.459 e. The van der Waals surface area contributed by atoms with E-state index in [1.165, 1.54) is 21.1 Å². The first-order chi connectivity index (χ1) is 24.3. The number of nitrogens with zero attached hydrogens (tertiary/aromatic N) is 1. The largest absolute Gasteiger partial charge is 0.459 e. The highest BCUT2D eigenvalue weighted by Gasteiger charge is 2.57. The first-order valence-corrected chi connectivity index (χ1v) is 19.3. The number of aliphatic hydroxyl groups excluding tert-OH is 2. The van der Waals surface area contributed by atoms with Crippen molar-refractivity contribution in [3.8, 4) is 0 Å². The van der Waals surface area contributed by atoms with Gasteiger partial charge in [0, 0.05) is 44.4 Å². The second-order valence-electron chi connectivity index (χ2n) is 17.2. The van der Waals surface area contributed by atoms with E-state index >= 15 is 0 Å². The number of hydrogen-bond donors (Lipinski definition) is 4. The fourth-order valence-electron chi connectivity index (χ4n) is 8.72. The molecule has 14 heteroatoms. The molecule has 0 radical (unpaired) electrons. The van der Waals surface area contributed by atoms with Crippen molar-refractivity contribution in [2.45, 2.75) is 186 Å². The molecule has 0 aromatic rings. The van der Waals surface area contributed by atoms with Crippen LogP contribution in [0.2, 0.25) is 0 Å². The third-order valence-corrected chi connectivity index (χ3v) is 13.0. The maximum atomic E-state index is 14.2. The molecule has 3 rings (SSSR count). The van der Waals surface area contributed by atoms with Gasteiger partial charge in [-0.1, -0.05) is 27.7 Å². The summed E-state index contributed by atoms with van der Waals surface area (Å²) in [5.74, 6) is -4.50. The van der Waals surface area contributed by atoms with Crippen LogP contribution in [0, 0.1) is 23.7 Å². The molecule has 53 heavy (non-hydrogen) atoms. The van der Waals surface area contributed by atoms with Crippen LogP contribution in [-0.4, -0.2) is 149 Å². The molecule has 0 saturated carbocycles. The number of Topliss-reactive ketones (excluding diaryl/α,β-unsaturated/α-hetero) is 1. The van der Waals surface area contributed by atoms with Crippen molar-refractivity contribution < 1.29 is 63.2 Å². The van der Waals surface area contributed by atoms with Crippen LogP contribution in [-0.2, 0) is 42.7 Å². The molecule has 3 aliphatic heterocycles. The topological polar surface area (TPSA) is 183 Å². The van der Waals surface area contributed by atoms with Gasteiger partial charge in [-0.25, -0.2) is 0 Å². The summed E-state index contributed by atoms with van der Waals surface area (Å²) in [7, 11) is 6.77. The molecule has 0 aliphatic carbocycles. The number of ether oxygens (including phenoxy) is 7. The first kappa shape index (κ1) is 46.1. The summed E-state index contributed by atoms with van der Waals surface area (Å²) >= 11 is 0. The molecule has 0 unspecified atom stereocenters. The third-order valence-electron chi connectivity index (χ3n) is 13.0. The Kier molecular flexibility index (Phi) is 15.2. The van der Waals surface area contributed by atoms with Gasteiger partial charge < -0.3 is 58.5 Å². The second kappa shape index (κ2) is 17.5. The van der Waals surface area contributed by atoms with E-state index in [1.807, 2.05) is 32.8 Å². The predicted octanol–water partition coefficient (Wildman–Crippen LogP) is 2.83. The van der Waals surface area contributed by atoms with E-state index in [2.05, 4.69) is 0 Å². The standard InChI is InChI=1S/C39H71NO13/c1-16-27-38(10,45)32(43)22(4)29(41)20(2)18-36(8,47-14)33(53-35-30(42)26(40(12)13)17-21(3)49-35)23(5)31(24(6)34(44)51-27)52-28-19-37(9,48-15)39(11,46)25(7)50-28/h20-28,30-33,35,42-43,45-46H,16-19H2,1-15H3/t20-,21-,22+,23+,24-,25+,26+,27-,28+,30-,31+,32-,33-,35+,36+,37-,38-,39-/m1/s1. The van der Waals surface area contributed by atoms with E-state index < -0.39 is 101 Å². The lowest BCUT2D eigenvalue weighted by atomic mass is 9.73. The number of methoxy groups -OCH3 is 2. The van der Waals surface area contributed by atoms with E-state index in [0.717, 1.165) is 0 Å². The van der Waals surface area contributed by atoms with Crippen molar-refractivity contribution in [3.63, 3.8) is 0 Å². The van der Waals surface area contributed by atoms with Crippen LogP contribution in [0.1, 0.15) is 102 Å². The molecule has 0 aromatic carbocycles. The fourth-order valence-corrected chi connectivity index (χ4v) is 8.72. The minimum absolute atomic E-state index is 0.104. The SMILES string of the molecule is CC[C@H]1OC(=O)[C@H](C)[C@@H](O[C@H]2C[C@@](C)(OC)[C@](C)(O)[C@H](C)O2)[C@H](C)[C@@H](O[C@@H]2O[C@H](C)C[C@H](N(C)C)[C@H]2O)[C@@](C)(OC)C[C@@H](C)C(=O)[C@H](C)[C@@H](O)[C@]1(C)O. The zero-order chi connectivity index (χ0) is 40.6. The van der Waals surface area contributed by atoms with E-state index in [4.69, 9.17) is 33.2 Å². The van der Waals surface area contributed by atoms with Crippen molar-refractivity contribution in [1.29, 1.82) is 0 Å². The lowest BCUT2D eigenvalue weighted by Crippen LogP contribution is -2.65. The van der Waals surface area contributed by atoms with Gasteiger partial charge in [0.15, 0.2) is 12.6 Å². The molecule has 4 N–H and O–H groups in total. The molecule has 3 saturated heterocycles. The van der Waals surface area contributed by atoms with Gasteiger partial charge in [-0.15, -0.1) is 0 Å².